The van der Waals surface area contributed by atoms with Gasteiger partial charge in [-0.1, -0.05) is 0 Å². The lowest BCUT2D eigenvalue weighted by molar-refractivity contribution is -0.142. The van der Waals surface area contributed by atoms with E-state index < -0.39 is 41.8 Å². The second-order valence-corrected chi connectivity index (χ2v) is 7.29. The monoisotopic (exact) mass is 433 g/mol. The van der Waals surface area contributed by atoms with Crippen molar-refractivity contribution in [2.75, 3.05) is 18.6 Å². The molecule has 0 spiro atoms. The average Bonchev–Trinajstić information content (AvgIpc) is 2.64. The van der Waals surface area contributed by atoms with Crippen LogP contribution in [0.4, 0.5) is 0 Å². The summed E-state index contributed by atoms with van der Waals surface area (Å²) < 4.78 is 0. The highest BCUT2D eigenvalue weighted by Gasteiger charge is 2.27. The number of carbonyl (C=O) groups excluding carboxylic acids is 3. The topological polar surface area (TPSA) is 229 Å². The third-order valence-electron chi connectivity index (χ3n) is 3.84. The minimum Gasteiger partial charge on any atom is -0.480 e. The van der Waals surface area contributed by atoms with Crippen molar-refractivity contribution in [2.45, 2.75) is 50.2 Å². The number of carboxylic acid groups (broad SMARTS) is 1. The second kappa shape index (κ2) is 14.5. The summed E-state index contributed by atoms with van der Waals surface area (Å²) in [5.74, 6) is -2.64. The summed E-state index contributed by atoms with van der Waals surface area (Å²) >= 11 is 1.45. The Labute approximate surface area is 173 Å². The lowest BCUT2D eigenvalue weighted by Crippen LogP contribution is -2.54. The summed E-state index contributed by atoms with van der Waals surface area (Å²) in [5, 5.41) is 14.2. The zero-order valence-corrected chi connectivity index (χ0v) is 17.2. The molecular formula is C16H31N7O5S. The van der Waals surface area contributed by atoms with Gasteiger partial charge < -0.3 is 38.7 Å². The molecule has 12 nitrogen and oxygen atoms in total. The number of primary amides is 1. The van der Waals surface area contributed by atoms with Crippen molar-refractivity contribution in [1.29, 1.82) is 0 Å². The Hall–Kier alpha value is -2.54. The summed E-state index contributed by atoms with van der Waals surface area (Å²) in [4.78, 5) is 50.8. The molecule has 0 aliphatic rings. The van der Waals surface area contributed by atoms with Gasteiger partial charge in [-0.3, -0.25) is 19.4 Å². The molecule has 0 aliphatic carbocycles. The van der Waals surface area contributed by atoms with E-state index in [1.165, 1.54) is 11.8 Å². The number of carbonyl (C=O) groups is 4. The molecule has 0 rings (SSSR count). The van der Waals surface area contributed by atoms with Crippen molar-refractivity contribution in [3.63, 3.8) is 0 Å². The molecule has 0 bridgehead atoms. The molecule has 0 aliphatic heterocycles. The minimum atomic E-state index is -1.17. The Morgan fingerprint density at radius 3 is 2.14 bits per heavy atom. The number of rotatable bonds is 15. The molecule has 3 atom stereocenters. The van der Waals surface area contributed by atoms with Crippen LogP contribution in [0.2, 0.25) is 0 Å². The molecule has 11 N–H and O–H groups in total. The van der Waals surface area contributed by atoms with Crippen LogP contribution in [0.3, 0.4) is 0 Å². The normalized spacial score (nSPS) is 13.6. The van der Waals surface area contributed by atoms with E-state index >= 15 is 0 Å². The third-order valence-corrected chi connectivity index (χ3v) is 4.49. The molecule has 0 radical (unpaired) electrons. The van der Waals surface area contributed by atoms with Gasteiger partial charge in [-0.15, -0.1) is 0 Å². The molecule has 29 heavy (non-hydrogen) atoms. The van der Waals surface area contributed by atoms with Gasteiger partial charge in [0.1, 0.15) is 12.1 Å². The Morgan fingerprint density at radius 1 is 1.00 bits per heavy atom. The first-order chi connectivity index (χ1) is 13.6. The van der Waals surface area contributed by atoms with E-state index in [0.29, 0.717) is 12.2 Å². The second-order valence-electron chi connectivity index (χ2n) is 6.30. The number of hydrogen-bond donors (Lipinski definition) is 7. The van der Waals surface area contributed by atoms with Crippen LogP contribution in [-0.2, 0) is 19.2 Å². The Balaban J connectivity index is 5.06. The fraction of sp³-hybridized carbons (Fsp3) is 0.688. The van der Waals surface area contributed by atoms with Crippen molar-refractivity contribution < 1.29 is 24.3 Å². The number of aliphatic imine (C=N–C) groups is 1. The molecular weight excluding hydrogens is 402 g/mol. The zero-order chi connectivity index (χ0) is 22.4. The van der Waals surface area contributed by atoms with Crippen LogP contribution in [0.1, 0.15) is 32.1 Å². The molecule has 0 saturated carbocycles. The summed E-state index contributed by atoms with van der Waals surface area (Å²) in [6, 6.07) is -3.16. The molecule has 3 amide bonds. The van der Waals surface area contributed by atoms with E-state index in [9.17, 15) is 24.3 Å². The maximum absolute atomic E-state index is 12.6. The van der Waals surface area contributed by atoms with E-state index in [4.69, 9.17) is 22.9 Å². The van der Waals surface area contributed by atoms with Gasteiger partial charge in [0.05, 0.1) is 6.04 Å². The van der Waals surface area contributed by atoms with Crippen LogP contribution in [0, 0.1) is 0 Å². The van der Waals surface area contributed by atoms with E-state index in [2.05, 4.69) is 15.6 Å². The van der Waals surface area contributed by atoms with Crippen LogP contribution < -0.4 is 33.6 Å². The highest BCUT2D eigenvalue weighted by Crippen LogP contribution is 2.05. The molecule has 0 heterocycles. The fourth-order valence-electron chi connectivity index (χ4n) is 2.25. The summed E-state index contributed by atoms with van der Waals surface area (Å²) in [7, 11) is 0. The molecule has 0 aromatic rings. The van der Waals surface area contributed by atoms with Gasteiger partial charge in [0.15, 0.2) is 5.96 Å². The number of nitrogens with zero attached hydrogens (tertiary/aromatic N) is 1. The van der Waals surface area contributed by atoms with E-state index in [1.54, 1.807) is 0 Å². The van der Waals surface area contributed by atoms with Gasteiger partial charge in [0.25, 0.3) is 0 Å². The first-order valence-corrected chi connectivity index (χ1v) is 10.4. The quantitative estimate of drug-likeness (QED) is 0.0816. The molecule has 0 aromatic heterocycles. The zero-order valence-electron chi connectivity index (χ0n) is 16.4. The smallest absolute Gasteiger partial charge is 0.326 e. The van der Waals surface area contributed by atoms with Crippen LogP contribution in [0.25, 0.3) is 0 Å². The van der Waals surface area contributed by atoms with Crippen molar-refractivity contribution >= 4 is 41.4 Å². The van der Waals surface area contributed by atoms with E-state index in [-0.39, 0.29) is 38.2 Å². The number of nitrogens with one attached hydrogen (secondary N) is 2. The van der Waals surface area contributed by atoms with Crippen LogP contribution in [0.15, 0.2) is 4.99 Å². The van der Waals surface area contributed by atoms with Crippen molar-refractivity contribution in [3.05, 3.63) is 0 Å². The Morgan fingerprint density at radius 2 is 1.62 bits per heavy atom. The SMILES string of the molecule is CSCCC(NC(=O)C(CCCN=C(N)N)NC(=O)C(N)CCC(N)=O)C(=O)O. The number of aliphatic carboxylic acids is 1. The Bertz CT molecular complexity index is 598. The van der Waals surface area contributed by atoms with Crippen LogP contribution in [0.5, 0.6) is 0 Å². The van der Waals surface area contributed by atoms with Crippen molar-refractivity contribution in [1.82, 2.24) is 10.6 Å². The highest BCUT2D eigenvalue weighted by atomic mass is 32.2. The van der Waals surface area contributed by atoms with Gasteiger partial charge in [-0.2, -0.15) is 11.8 Å². The standard InChI is InChI=1S/C16H31N7O5S/c1-29-8-6-11(15(27)28)23-14(26)10(3-2-7-21-16(19)20)22-13(25)9(17)4-5-12(18)24/h9-11H,2-8,17H2,1H3,(H2,18,24)(H,22,25)(H,23,26)(H,27,28)(H4,19,20,21). The number of hydrogen-bond acceptors (Lipinski definition) is 7. The summed E-state index contributed by atoms with van der Waals surface area (Å²) in [5.41, 5.74) is 21.3. The van der Waals surface area contributed by atoms with Crippen molar-refractivity contribution in [3.8, 4) is 0 Å². The number of amides is 3. The molecule has 0 fully saturated rings. The van der Waals surface area contributed by atoms with E-state index in [0.717, 1.165) is 0 Å². The first-order valence-electron chi connectivity index (χ1n) is 9.00. The number of guanidine groups is 1. The fourth-order valence-corrected chi connectivity index (χ4v) is 2.72. The van der Waals surface area contributed by atoms with Crippen molar-refractivity contribution in [2.24, 2.45) is 27.9 Å². The number of carboxylic acids is 1. The van der Waals surface area contributed by atoms with Gasteiger partial charge in [0.2, 0.25) is 17.7 Å². The first kappa shape index (κ1) is 26.5. The van der Waals surface area contributed by atoms with E-state index in [1.807, 2.05) is 6.26 Å². The molecule has 0 aromatic carbocycles. The van der Waals surface area contributed by atoms with Gasteiger partial charge >= 0.3 is 5.97 Å². The largest absolute Gasteiger partial charge is 0.480 e. The average molecular weight is 434 g/mol. The lowest BCUT2D eigenvalue weighted by Gasteiger charge is -2.22. The maximum Gasteiger partial charge on any atom is 0.326 e. The summed E-state index contributed by atoms with van der Waals surface area (Å²) in [6.45, 7) is 0.227. The number of thioether (sulfide) groups is 1. The van der Waals surface area contributed by atoms with Crippen LogP contribution >= 0.6 is 11.8 Å². The van der Waals surface area contributed by atoms with Crippen LogP contribution in [-0.4, -0.2) is 71.4 Å². The highest BCUT2D eigenvalue weighted by molar-refractivity contribution is 7.98. The Kier molecular flexibility index (Phi) is 13.2. The van der Waals surface area contributed by atoms with Gasteiger partial charge in [0, 0.05) is 13.0 Å². The predicted molar refractivity (Wildman–Crippen MR) is 111 cm³/mol. The third kappa shape index (κ3) is 12.5. The lowest BCUT2D eigenvalue weighted by atomic mass is 10.1. The molecule has 0 saturated heterocycles. The predicted octanol–water partition coefficient (Wildman–Crippen LogP) is -2.56. The maximum atomic E-state index is 12.6. The molecule has 13 heteroatoms. The number of nitrogens with two attached hydrogens (primary N) is 4. The molecule has 3 unspecified atom stereocenters. The van der Waals surface area contributed by atoms with Gasteiger partial charge in [-0.25, -0.2) is 4.79 Å². The summed E-state index contributed by atoms with van der Waals surface area (Å²) in [6.07, 6.45) is 2.51. The molecule has 166 valence electrons. The minimum absolute atomic E-state index is 0.0228. The van der Waals surface area contributed by atoms with Gasteiger partial charge in [-0.05, 0) is 37.7 Å².